The lowest BCUT2D eigenvalue weighted by molar-refractivity contribution is -0.119. The fourth-order valence-electron chi connectivity index (χ4n) is 3.31. The molecule has 138 valence electrons. The Balaban J connectivity index is 1.65. The van der Waals surface area contributed by atoms with Gasteiger partial charge in [-0.25, -0.2) is 0 Å². The molecule has 0 unspecified atom stereocenters. The highest BCUT2D eigenvalue weighted by Gasteiger charge is 2.23. The second kappa shape index (κ2) is 8.98. The van der Waals surface area contributed by atoms with E-state index in [2.05, 4.69) is 34.0 Å². The minimum atomic E-state index is 0.0624. The third-order valence-electron chi connectivity index (χ3n) is 4.76. The summed E-state index contributed by atoms with van der Waals surface area (Å²) >= 11 is 1.41. The van der Waals surface area contributed by atoms with E-state index in [1.54, 1.807) is 12.4 Å². The fourth-order valence-corrected chi connectivity index (χ4v) is 4.07. The quantitative estimate of drug-likeness (QED) is 0.597. The molecule has 7 heteroatoms. The van der Waals surface area contributed by atoms with Gasteiger partial charge in [-0.05, 0) is 30.9 Å². The lowest BCUT2D eigenvalue weighted by Gasteiger charge is -2.29. The Bertz CT molecular complexity index is 746. The molecule has 2 heterocycles. The maximum atomic E-state index is 12.4. The molecule has 1 aliphatic carbocycles. The van der Waals surface area contributed by atoms with Gasteiger partial charge in [0.05, 0.1) is 5.75 Å². The summed E-state index contributed by atoms with van der Waals surface area (Å²) in [6.07, 6.45) is 10.0. The minimum absolute atomic E-state index is 0.0624. The van der Waals surface area contributed by atoms with Crippen LogP contribution in [0.4, 0.5) is 0 Å². The van der Waals surface area contributed by atoms with Crippen LogP contribution in [0.5, 0.6) is 0 Å². The molecule has 1 amide bonds. The number of thioether (sulfide) groups is 1. The van der Waals surface area contributed by atoms with E-state index in [-0.39, 0.29) is 5.91 Å². The molecule has 2 aromatic heterocycles. The molecule has 0 radical (unpaired) electrons. The third-order valence-corrected chi connectivity index (χ3v) is 5.72. The number of carbonyl (C=O) groups excluding carboxylic acids is 1. The predicted molar refractivity (Wildman–Crippen MR) is 104 cm³/mol. The van der Waals surface area contributed by atoms with Crippen LogP contribution in [-0.4, -0.2) is 37.5 Å². The number of pyridine rings is 1. The summed E-state index contributed by atoms with van der Waals surface area (Å²) in [5.41, 5.74) is 0.946. The van der Waals surface area contributed by atoms with Gasteiger partial charge in [0, 0.05) is 30.5 Å². The van der Waals surface area contributed by atoms with E-state index in [0.29, 0.717) is 24.3 Å². The maximum Gasteiger partial charge on any atom is 0.230 e. The number of nitrogens with zero attached hydrogens (tertiary/aromatic N) is 4. The summed E-state index contributed by atoms with van der Waals surface area (Å²) in [6.45, 7) is 6.63. The van der Waals surface area contributed by atoms with Crippen molar-refractivity contribution in [3.8, 4) is 11.4 Å². The van der Waals surface area contributed by atoms with Crippen LogP contribution in [0.1, 0.15) is 32.6 Å². The number of rotatable bonds is 7. The Morgan fingerprint density at radius 3 is 2.85 bits per heavy atom. The van der Waals surface area contributed by atoms with Crippen LogP contribution in [-0.2, 0) is 11.3 Å². The van der Waals surface area contributed by atoms with Gasteiger partial charge in [0.15, 0.2) is 11.0 Å². The lowest BCUT2D eigenvalue weighted by atomic mass is 9.86. The van der Waals surface area contributed by atoms with Crippen molar-refractivity contribution >= 4 is 17.7 Å². The number of carbonyl (C=O) groups is 1. The second-order valence-corrected chi connectivity index (χ2v) is 7.61. The van der Waals surface area contributed by atoms with Gasteiger partial charge >= 0.3 is 0 Å². The molecular weight excluding hydrogens is 346 g/mol. The van der Waals surface area contributed by atoms with Gasteiger partial charge in [-0.2, -0.15) is 0 Å². The fraction of sp³-hybridized carbons (Fsp3) is 0.474. The summed E-state index contributed by atoms with van der Waals surface area (Å²) < 4.78 is 1.98. The Kier molecular flexibility index (Phi) is 6.44. The molecule has 2 atom stereocenters. The van der Waals surface area contributed by atoms with Crippen molar-refractivity contribution in [1.29, 1.82) is 0 Å². The van der Waals surface area contributed by atoms with Gasteiger partial charge in [0.25, 0.3) is 0 Å². The zero-order chi connectivity index (χ0) is 18.4. The van der Waals surface area contributed by atoms with E-state index < -0.39 is 0 Å². The van der Waals surface area contributed by atoms with E-state index in [0.717, 1.165) is 23.0 Å². The van der Waals surface area contributed by atoms with Crippen molar-refractivity contribution in [2.24, 2.45) is 5.92 Å². The first-order valence-electron chi connectivity index (χ1n) is 9.05. The molecule has 26 heavy (non-hydrogen) atoms. The molecule has 1 fully saturated rings. The van der Waals surface area contributed by atoms with E-state index >= 15 is 0 Å². The topological polar surface area (TPSA) is 72.7 Å². The smallest absolute Gasteiger partial charge is 0.230 e. The van der Waals surface area contributed by atoms with E-state index in [1.807, 2.05) is 22.8 Å². The van der Waals surface area contributed by atoms with E-state index in [9.17, 15) is 4.79 Å². The van der Waals surface area contributed by atoms with Crippen molar-refractivity contribution in [3.05, 3.63) is 37.2 Å². The normalized spacial score (nSPS) is 19.9. The molecule has 0 aliphatic heterocycles. The number of amides is 1. The number of hydrogen-bond acceptors (Lipinski definition) is 5. The SMILES string of the molecule is C=CCn1c(SCC(=O)N[C@H]2CCCC[C@@H]2C)nnc1-c1ccncc1. The standard InChI is InChI=1S/C19H25N5OS/c1-3-12-24-18(15-8-10-20-11-9-15)22-23-19(24)26-13-17(25)21-16-7-5-4-6-14(16)2/h3,8-11,14,16H,1,4-7,12-13H2,2H3,(H,21,25)/t14-,16-/m0/s1. The van der Waals surface area contributed by atoms with Crippen LogP contribution in [0.15, 0.2) is 42.3 Å². The molecule has 0 spiro atoms. The highest BCUT2D eigenvalue weighted by molar-refractivity contribution is 7.99. The second-order valence-electron chi connectivity index (χ2n) is 6.67. The van der Waals surface area contributed by atoms with Crippen molar-refractivity contribution in [3.63, 3.8) is 0 Å². The maximum absolute atomic E-state index is 12.4. The van der Waals surface area contributed by atoms with E-state index in [1.165, 1.54) is 31.0 Å². The number of aromatic nitrogens is 4. The molecular formula is C19H25N5OS. The number of nitrogens with one attached hydrogen (secondary N) is 1. The minimum Gasteiger partial charge on any atom is -0.352 e. The predicted octanol–water partition coefficient (Wildman–Crippen LogP) is 3.31. The average molecular weight is 372 g/mol. The van der Waals surface area contributed by atoms with E-state index in [4.69, 9.17) is 0 Å². The Hall–Kier alpha value is -2.15. The average Bonchev–Trinajstić information content (AvgIpc) is 3.06. The first-order chi connectivity index (χ1) is 12.7. The monoisotopic (exact) mass is 371 g/mol. The summed E-state index contributed by atoms with van der Waals surface area (Å²) in [5, 5.41) is 12.5. The van der Waals surface area contributed by atoms with Gasteiger partial charge in [0.2, 0.25) is 5.91 Å². The summed E-state index contributed by atoms with van der Waals surface area (Å²) in [4.78, 5) is 16.4. The van der Waals surface area contributed by atoms with Crippen molar-refractivity contribution in [2.45, 2.75) is 50.4 Å². The van der Waals surface area contributed by atoms with Crippen LogP contribution in [0.25, 0.3) is 11.4 Å². The molecule has 1 saturated carbocycles. The number of hydrogen-bond donors (Lipinski definition) is 1. The Morgan fingerprint density at radius 2 is 2.12 bits per heavy atom. The Morgan fingerprint density at radius 1 is 1.35 bits per heavy atom. The lowest BCUT2D eigenvalue weighted by Crippen LogP contribution is -2.41. The third kappa shape index (κ3) is 4.52. The van der Waals surface area contributed by atoms with Gasteiger partial charge < -0.3 is 5.32 Å². The zero-order valence-corrected chi connectivity index (χ0v) is 15.9. The van der Waals surface area contributed by atoms with Crippen LogP contribution in [0.2, 0.25) is 0 Å². The first-order valence-corrected chi connectivity index (χ1v) is 10.0. The molecule has 6 nitrogen and oxygen atoms in total. The molecule has 0 saturated heterocycles. The van der Waals surface area contributed by atoms with Crippen LogP contribution < -0.4 is 5.32 Å². The van der Waals surface area contributed by atoms with Gasteiger partial charge in [-0.15, -0.1) is 16.8 Å². The van der Waals surface area contributed by atoms with Gasteiger partial charge in [-0.3, -0.25) is 14.3 Å². The van der Waals surface area contributed by atoms with Crippen molar-refractivity contribution < 1.29 is 4.79 Å². The Labute approximate surface area is 158 Å². The van der Waals surface area contributed by atoms with Crippen molar-refractivity contribution in [1.82, 2.24) is 25.1 Å². The number of allylic oxidation sites excluding steroid dienone is 1. The molecule has 0 aromatic carbocycles. The van der Waals surface area contributed by atoms with Gasteiger partial charge in [-0.1, -0.05) is 37.6 Å². The highest BCUT2D eigenvalue weighted by Crippen LogP contribution is 2.25. The largest absolute Gasteiger partial charge is 0.352 e. The zero-order valence-electron chi connectivity index (χ0n) is 15.1. The molecule has 3 rings (SSSR count). The van der Waals surface area contributed by atoms with Crippen molar-refractivity contribution in [2.75, 3.05) is 5.75 Å². The summed E-state index contributed by atoms with van der Waals surface area (Å²) in [7, 11) is 0. The molecule has 1 N–H and O–H groups in total. The molecule has 0 bridgehead atoms. The van der Waals surface area contributed by atoms with Crippen LogP contribution >= 0.6 is 11.8 Å². The first kappa shape index (κ1) is 18.6. The highest BCUT2D eigenvalue weighted by atomic mass is 32.2. The van der Waals surface area contributed by atoms with Crippen LogP contribution in [0.3, 0.4) is 0 Å². The summed E-state index contributed by atoms with van der Waals surface area (Å²) in [6, 6.07) is 4.10. The molecule has 1 aliphatic rings. The van der Waals surface area contributed by atoms with Gasteiger partial charge in [0.1, 0.15) is 0 Å². The molecule has 2 aromatic rings. The van der Waals surface area contributed by atoms with Crippen LogP contribution in [0, 0.1) is 5.92 Å². The summed E-state index contributed by atoms with van der Waals surface area (Å²) in [5.74, 6) is 1.72.